The summed E-state index contributed by atoms with van der Waals surface area (Å²) in [5, 5.41) is 19.0. The quantitative estimate of drug-likeness (QED) is 0.531. The molecule has 2 heterocycles. The van der Waals surface area contributed by atoms with Gasteiger partial charge in [0.15, 0.2) is 5.82 Å². The first kappa shape index (κ1) is 14.8. The summed E-state index contributed by atoms with van der Waals surface area (Å²) in [6.45, 7) is 2.47. The SMILES string of the molecule is Cc1ncc([N+](=O)[O-])n1CCn1cc(-c2ccc(F)cc2)nn1. The van der Waals surface area contributed by atoms with Crippen LogP contribution in [0.5, 0.6) is 0 Å². The highest BCUT2D eigenvalue weighted by molar-refractivity contribution is 5.57. The number of nitrogens with zero attached hydrogens (tertiary/aromatic N) is 6. The highest BCUT2D eigenvalue weighted by atomic mass is 19.1. The summed E-state index contributed by atoms with van der Waals surface area (Å²) in [6.07, 6.45) is 2.95. The monoisotopic (exact) mass is 316 g/mol. The number of benzene rings is 1. The van der Waals surface area contributed by atoms with E-state index in [0.29, 0.717) is 24.6 Å². The van der Waals surface area contributed by atoms with Crippen LogP contribution in [0.15, 0.2) is 36.7 Å². The average molecular weight is 316 g/mol. The van der Waals surface area contributed by atoms with Crippen molar-refractivity contribution in [1.29, 1.82) is 0 Å². The molecule has 0 bridgehead atoms. The second-order valence-electron chi connectivity index (χ2n) is 4.95. The number of aromatic nitrogens is 5. The van der Waals surface area contributed by atoms with Crippen molar-refractivity contribution in [2.24, 2.45) is 0 Å². The molecule has 9 heteroatoms. The van der Waals surface area contributed by atoms with Crippen molar-refractivity contribution in [3.8, 4) is 11.3 Å². The van der Waals surface area contributed by atoms with E-state index in [2.05, 4.69) is 15.3 Å². The third-order valence-corrected chi connectivity index (χ3v) is 3.45. The number of nitro groups is 1. The number of hydrogen-bond acceptors (Lipinski definition) is 5. The zero-order chi connectivity index (χ0) is 16.4. The van der Waals surface area contributed by atoms with E-state index in [0.717, 1.165) is 5.56 Å². The van der Waals surface area contributed by atoms with E-state index < -0.39 is 4.92 Å². The Labute approximate surface area is 130 Å². The number of rotatable bonds is 5. The van der Waals surface area contributed by atoms with Crippen molar-refractivity contribution in [3.63, 3.8) is 0 Å². The first-order valence-electron chi connectivity index (χ1n) is 6.87. The lowest BCUT2D eigenvalue weighted by Gasteiger charge is -2.02. The van der Waals surface area contributed by atoms with Crippen LogP contribution in [0.25, 0.3) is 11.3 Å². The Balaban J connectivity index is 1.74. The van der Waals surface area contributed by atoms with Gasteiger partial charge in [-0.15, -0.1) is 5.10 Å². The van der Waals surface area contributed by atoms with Crippen LogP contribution in [0.3, 0.4) is 0 Å². The summed E-state index contributed by atoms with van der Waals surface area (Å²) < 4.78 is 16.0. The molecule has 3 aromatic rings. The molecule has 23 heavy (non-hydrogen) atoms. The van der Waals surface area contributed by atoms with E-state index in [4.69, 9.17) is 0 Å². The van der Waals surface area contributed by atoms with Crippen molar-refractivity contribution in [1.82, 2.24) is 24.5 Å². The molecule has 0 aliphatic carbocycles. The molecule has 0 spiro atoms. The maximum atomic E-state index is 12.9. The van der Waals surface area contributed by atoms with Crippen LogP contribution in [-0.2, 0) is 13.1 Å². The van der Waals surface area contributed by atoms with Gasteiger partial charge in [0.05, 0.1) is 12.7 Å². The van der Waals surface area contributed by atoms with Crippen LogP contribution in [0, 0.1) is 22.9 Å². The van der Waals surface area contributed by atoms with E-state index >= 15 is 0 Å². The largest absolute Gasteiger partial charge is 0.358 e. The van der Waals surface area contributed by atoms with Crippen LogP contribution in [-0.4, -0.2) is 29.5 Å². The molecule has 0 fully saturated rings. The third kappa shape index (κ3) is 3.07. The molecule has 2 aromatic heterocycles. The van der Waals surface area contributed by atoms with Gasteiger partial charge in [-0.3, -0.25) is 0 Å². The Morgan fingerprint density at radius 2 is 2.00 bits per heavy atom. The van der Waals surface area contributed by atoms with Crippen molar-refractivity contribution in [2.45, 2.75) is 20.0 Å². The van der Waals surface area contributed by atoms with Crippen LogP contribution < -0.4 is 0 Å². The molecule has 118 valence electrons. The van der Waals surface area contributed by atoms with E-state index in [9.17, 15) is 14.5 Å². The van der Waals surface area contributed by atoms with E-state index in [1.165, 1.54) is 22.9 Å². The fourth-order valence-electron chi connectivity index (χ4n) is 2.24. The van der Waals surface area contributed by atoms with Gasteiger partial charge in [-0.05, 0) is 29.2 Å². The van der Waals surface area contributed by atoms with E-state index in [1.807, 2.05) is 0 Å². The molecule has 0 N–H and O–H groups in total. The summed E-state index contributed by atoms with van der Waals surface area (Å²) in [5.74, 6) is 0.195. The van der Waals surface area contributed by atoms with Gasteiger partial charge in [0, 0.05) is 12.5 Å². The van der Waals surface area contributed by atoms with Gasteiger partial charge in [-0.25, -0.2) is 18.6 Å². The second kappa shape index (κ2) is 5.95. The van der Waals surface area contributed by atoms with Gasteiger partial charge in [0.2, 0.25) is 0 Å². The summed E-state index contributed by atoms with van der Waals surface area (Å²) >= 11 is 0. The maximum absolute atomic E-state index is 12.9. The van der Waals surface area contributed by atoms with Gasteiger partial charge in [-0.1, -0.05) is 5.21 Å². The van der Waals surface area contributed by atoms with Crippen molar-refractivity contribution in [3.05, 3.63) is 58.4 Å². The normalized spacial score (nSPS) is 10.9. The standard InChI is InChI=1S/C14H13FN6O2/c1-10-16-8-14(21(22)23)20(10)7-6-19-9-13(17-18-19)11-2-4-12(15)5-3-11/h2-5,8-9H,6-7H2,1H3. The molecule has 3 rings (SSSR count). The summed E-state index contributed by atoms with van der Waals surface area (Å²) in [7, 11) is 0. The molecule has 0 amide bonds. The fourth-order valence-corrected chi connectivity index (χ4v) is 2.24. The second-order valence-corrected chi connectivity index (χ2v) is 4.95. The minimum absolute atomic E-state index is 0.0543. The predicted octanol–water partition coefficient (Wildman–Crippen LogP) is 2.20. The minimum Gasteiger partial charge on any atom is -0.358 e. The number of hydrogen-bond donors (Lipinski definition) is 0. The van der Waals surface area contributed by atoms with Crippen molar-refractivity contribution in [2.75, 3.05) is 0 Å². The van der Waals surface area contributed by atoms with Crippen LogP contribution in [0.4, 0.5) is 10.2 Å². The molecule has 0 aliphatic heterocycles. The van der Waals surface area contributed by atoms with Crippen LogP contribution >= 0.6 is 0 Å². The van der Waals surface area contributed by atoms with Gasteiger partial charge in [-0.2, -0.15) is 0 Å². The van der Waals surface area contributed by atoms with Crippen molar-refractivity contribution < 1.29 is 9.31 Å². The molecule has 0 saturated heterocycles. The maximum Gasteiger partial charge on any atom is 0.342 e. The van der Waals surface area contributed by atoms with Gasteiger partial charge in [0.1, 0.15) is 24.3 Å². The van der Waals surface area contributed by atoms with Gasteiger partial charge < -0.3 is 10.1 Å². The number of imidazole rings is 1. The first-order valence-corrected chi connectivity index (χ1v) is 6.87. The minimum atomic E-state index is -0.467. The Hall–Kier alpha value is -3.10. The molecule has 1 aromatic carbocycles. The summed E-state index contributed by atoms with van der Waals surface area (Å²) in [5.41, 5.74) is 1.37. The molecule has 0 aliphatic rings. The highest BCUT2D eigenvalue weighted by Gasteiger charge is 2.17. The van der Waals surface area contributed by atoms with Crippen LogP contribution in [0.1, 0.15) is 5.82 Å². The molecular weight excluding hydrogens is 303 g/mol. The lowest BCUT2D eigenvalue weighted by atomic mass is 10.2. The Kier molecular flexibility index (Phi) is 3.83. The number of aryl methyl sites for hydroxylation is 2. The lowest BCUT2D eigenvalue weighted by Crippen LogP contribution is -2.11. The topological polar surface area (TPSA) is 91.7 Å². The highest BCUT2D eigenvalue weighted by Crippen LogP contribution is 2.17. The van der Waals surface area contributed by atoms with E-state index in [1.54, 1.807) is 29.9 Å². The smallest absolute Gasteiger partial charge is 0.342 e. The lowest BCUT2D eigenvalue weighted by molar-refractivity contribution is -0.392. The third-order valence-electron chi connectivity index (χ3n) is 3.45. The fraction of sp³-hybridized carbons (Fsp3) is 0.214. The summed E-state index contributed by atoms with van der Waals surface area (Å²) in [4.78, 5) is 14.4. The molecule has 0 radical (unpaired) electrons. The molecule has 8 nitrogen and oxygen atoms in total. The zero-order valence-corrected chi connectivity index (χ0v) is 12.3. The molecule has 0 unspecified atom stereocenters. The Morgan fingerprint density at radius 1 is 1.26 bits per heavy atom. The molecular formula is C14H13FN6O2. The number of halogens is 1. The zero-order valence-electron chi connectivity index (χ0n) is 12.3. The first-order chi connectivity index (χ1) is 11.0. The van der Waals surface area contributed by atoms with Gasteiger partial charge in [0.25, 0.3) is 0 Å². The average Bonchev–Trinajstić information content (AvgIpc) is 3.13. The van der Waals surface area contributed by atoms with Crippen molar-refractivity contribution >= 4 is 5.82 Å². The Morgan fingerprint density at radius 3 is 2.70 bits per heavy atom. The van der Waals surface area contributed by atoms with Crippen LogP contribution in [0.2, 0.25) is 0 Å². The molecule has 0 saturated carbocycles. The summed E-state index contributed by atoms with van der Waals surface area (Å²) in [6, 6.07) is 5.95. The van der Waals surface area contributed by atoms with E-state index in [-0.39, 0.29) is 11.6 Å². The Bertz CT molecular complexity index is 839. The predicted molar refractivity (Wildman–Crippen MR) is 79.0 cm³/mol. The van der Waals surface area contributed by atoms with Gasteiger partial charge >= 0.3 is 5.82 Å². The molecule has 0 atom stereocenters.